The molecule has 2 aliphatic rings. The maximum atomic E-state index is 9.44. The van der Waals surface area contributed by atoms with Crippen LogP contribution < -0.4 is 9.64 Å². The van der Waals surface area contributed by atoms with E-state index in [0.29, 0.717) is 11.9 Å². The van der Waals surface area contributed by atoms with Crippen molar-refractivity contribution in [2.24, 2.45) is 0 Å². The quantitative estimate of drug-likeness (QED) is 0.680. The van der Waals surface area contributed by atoms with E-state index >= 15 is 0 Å². The van der Waals surface area contributed by atoms with E-state index in [1.165, 1.54) is 12.8 Å². The summed E-state index contributed by atoms with van der Waals surface area (Å²) in [5.74, 6) is 1.51. The Bertz CT molecular complexity index is 888. The van der Waals surface area contributed by atoms with Crippen LogP contribution in [0.15, 0.2) is 40.4 Å². The predicted molar refractivity (Wildman–Crippen MR) is 129 cm³/mol. The molecular formula is C24H35N5O2S. The Morgan fingerprint density at radius 2 is 2.00 bits per heavy atom. The molecule has 0 bridgehead atoms. The van der Waals surface area contributed by atoms with Gasteiger partial charge in [0.05, 0.1) is 12.8 Å². The lowest BCUT2D eigenvalue weighted by molar-refractivity contribution is 0.0958. The van der Waals surface area contributed by atoms with Crippen LogP contribution in [0.3, 0.4) is 0 Å². The molecule has 1 saturated carbocycles. The highest BCUT2D eigenvalue weighted by Gasteiger charge is 2.28. The highest BCUT2D eigenvalue weighted by Crippen LogP contribution is 2.34. The highest BCUT2D eigenvalue weighted by atomic mass is 32.2. The van der Waals surface area contributed by atoms with Crippen LogP contribution in [0.2, 0.25) is 0 Å². The summed E-state index contributed by atoms with van der Waals surface area (Å²) >= 11 is 1.55. The smallest absolute Gasteiger partial charge is 0.259 e. The average molecular weight is 458 g/mol. The number of benzene rings is 1. The lowest BCUT2D eigenvalue weighted by atomic mass is 9.92. The van der Waals surface area contributed by atoms with Gasteiger partial charge < -0.3 is 24.5 Å². The molecule has 174 valence electrons. The molecule has 2 aromatic rings. The number of aliphatic hydroxyl groups excluding tert-OH is 1. The van der Waals surface area contributed by atoms with Gasteiger partial charge in [-0.3, -0.25) is 0 Å². The molecule has 0 spiro atoms. The monoisotopic (exact) mass is 457 g/mol. The average Bonchev–Trinajstić information content (AvgIpc) is 2.80. The minimum absolute atomic E-state index is 0.0332. The second kappa shape index (κ2) is 10.8. The topological polar surface area (TPSA) is 65.0 Å². The summed E-state index contributed by atoms with van der Waals surface area (Å²) in [5.41, 5.74) is 0.894. The van der Waals surface area contributed by atoms with Gasteiger partial charge in [0, 0.05) is 37.1 Å². The Kier molecular flexibility index (Phi) is 7.88. The van der Waals surface area contributed by atoms with E-state index in [9.17, 15) is 5.11 Å². The van der Waals surface area contributed by atoms with Gasteiger partial charge in [0.1, 0.15) is 11.1 Å². The third-order valence-corrected chi connectivity index (χ3v) is 7.31. The van der Waals surface area contributed by atoms with Crippen molar-refractivity contribution < 1.29 is 9.84 Å². The fourth-order valence-electron chi connectivity index (χ4n) is 4.40. The van der Waals surface area contributed by atoms with Crippen molar-refractivity contribution >= 4 is 17.6 Å². The van der Waals surface area contributed by atoms with E-state index in [1.807, 2.05) is 30.5 Å². The largest absolute Gasteiger partial charge is 0.472 e. The maximum Gasteiger partial charge on any atom is 0.259 e. The summed E-state index contributed by atoms with van der Waals surface area (Å²) in [4.78, 5) is 17.7. The second-order valence-electron chi connectivity index (χ2n) is 9.06. The summed E-state index contributed by atoms with van der Waals surface area (Å²) in [6.45, 7) is 3.91. The number of aromatic nitrogens is 2. The highest BCUT2D eigenvalue weighted by molar-refractivity contribution is 7.99. The van der Waals surface area contributed by atoms with E-state index < -0.39 is 0 Å². The molecule has 8 heteroatoms. The number of nitrogens with zero attached hydrogens (tertiary/aromatic N) is 5. The third-order valence-electron chi connectivity index (χ3n) is 6.41. The molecule has 0 radical (unpaired) electrons. The molecule has 1 aromatic carbocycles. The molecule has 1 aliphatic carbocycles. The minimum atomic E-state index is 0.0332. The molecule has 2 unspecified atom stereocenters. The van der Waals surface area contributed by atoms with Crippen LogP contribution >= 0.6 is 11.8 Å². The molecule has 32 heavy (non-hydrogen) atoms. The normalized spacial score (nSPS) is 22.3. The van der Waals surface area contributed by atoms with Gasteiger partial charge in [-0.2, -0.15) is 0 Å². The molecule has 0 amide bonds. The number of ether oxygens (including phenoxy) is 1. The first-order valence-corrected chi connectivity index (χ1v) is 12.3. The standard InChI is InChI=1S/C24H35N5O2S/c1-27(2)19-7-5-8-20(15-19)31-24-23(29-12-10-28(3)11-13-29)25-16-22(26-24)32-21-9-4-6-18(14-21)17-30/h4,6,9,14,16,19-20,30H,5,7-8,10-13,15,17H2,1-3H3. The molecule has 1 aliphatic heterocycles. The van der Waals surface area contributed by atoms with Crippen LogP contribution in [-0.2, 0) is 6.61 Å². The van der Waals surface area contributed by atoms with Crippen molar-refractivity contribution in [2.45, 2.75) is 54.4 Å². The molecule has 4 rings (SSSR count). The number of likely N-dealkylation sites (N-methyl/N-ethyl adjacent to an activating group) is 1. The van der Waals surface area contributed by atoms with Gasteiger partial charge in [0.25, 0.3) is 5.88 Å². The van der Waals surface area contributed by atoms with E-state index in [2.05, 4.69) is 35.8 Å². The first-order chi connectivity index (χ1) is 15.5. The molecule has 2 atom stereocenters. The predicted octanol–water partition coefficient (Wildman–Crippen LogP) is 3.12. The maximum absolute atomic E-state index is 9.44. The van der Waals surface area contributed by atoms with E-state index in [-0.39, 0.29) is 12.7 Å². The van der Waals surface area contributed by atoms with Gasteiger partial charge in [-0.15, -0.1) is 0 Å². The van der Waals surface area contributed by atoms with E-state index in [0.717, 1.165) is 60.3 Å². The molecule has 7 nitrogen and oxygen atoms in total. The number of rotatable bonds is 7. The summed E-state index contributed by atoms with van der Waals surface area (Å²) < 4.78 is 6.56. The van der Waals surface area contributed by atoms with Crippen molar-refractivity contribution in [1.82, 2.24) is 19.8 Å². The lowest BCUT2D eigenvalue weighted by Crippen LogP contribution is -2.45. The number of hydrogen-bond donors (Lipinski definition) is 1. The van der Waals surface area contributed by atoms with Crippen molar-refractivity contribution in [1.29, 1.82) is 0 Å². The Morgan fingerprint density at radius 1 is 1.19 bits per heavy atom. The summed E-state index contributed by atoms with van der Waals surface area (Å²) in [6.07, 6.45) is 6.49. The van der Waals surface area contributed by atoms with Crippen LogP contribution in [-0.4, -0.2) is 84.3 Å². The molecular weight excluding hydrogens is 422 g/mol. The number of piperazine rings is 1. The molecule has 1 N–H and O–H groups in total. The zero-order valence-corrected chi connectivity index (χ0v) is 20.2. The molecule has 2 fully saturated rings. The van der Waals surface area contributed by atoms with Gasteiger partial charge in [0.15, 0.2) is 5.82 Å². The summed E-state index contributed by atoms with van der Waals surface area (Å²) in [7, 11) is 6.46. The third kappa shape index (κ3) is 5.92. The van der Waals surface area contributed by atoms with Crippen molar-refractivity contribution in [3.63, 3.8) is 0 Å². The van der Waals surface area contributed by atoms with Gasteiger partial charge in [-0.1, -0.05) is 23.9 Å². The molecule has 1 aromatic heterocycles. The number of hydrogen-bond acceptors (Lipinski definition) is 8. The Labute approximate surface area is 195 Å². The Hall–Kier alpha value is -1.87. The zero-order valence-electron chi connectivity index (χ0n) is 19.4. The lowest BCUT2D eigenvalue weighted by Gasteiger charge is -2.36. The molecule has 2 heterocycles. The zero-order chi connectivity index (χ0) is 22.5. The first-order valence-electron chi connectivity index (χ1n) is 11.5. The SMILES string of the molecule is CN1CCN(c2ncc(Sc3cccc(CO)c3)nc2OC2CCCC(N(C)C)C2)CC1. The summed E-state index contributed by atoms with van der Waals surface area (Å²) in [5, 5.41) is 10.3. The van der Waals surface area contributed by atoms with Crippen LogP contribution in [0.25, 0.3) is 0 Å². The van der Waals surface area contributed by atoms with Gasteiger partial charge in [-0.05, 0) is 64.5 Å². The van der Waals surface area contributed by atoms with Crippen LogP contribution in [0.4, 0.5) is 5.82 Å². The second-order valence-corrected chi connectivity index (χ2v) is 10.2. The van der Waals surface area contributed by atoms with Gasteiger partial charge >= 0.3 is 0 Å². The summed E-state index contributed by atoms with van der Waals surface area (Å²) in [6, 6.07) is 8.45. The van der Waals surface area contributed by atoms with Crippen LogP contribution in [0.1, 0.15) is 31.2 Å². The minimum Gasteiger partial charge on any atom is -0.472 e. The van der Waals surface area contributed by atoms with Gasteiger partial charge in [-0.25, -0.2) is 9.97 Å². The number of anilines is 1. The molecule has 1 saturated heterocycles. The number of aliphatic hydroxyl groups is 1. The first kappa shape index (κ1) is 23.3. The van der Waals surface area contributed by atoms with Crippen molar-refractivity contribution in [3.8, 4) is 5.88 Å². The fourth-order valence-corrected chi connectivity index (χ4v) is 5.23. The van der Waals surface area contributed by atoms with Crippen LogP contribution in [0.5, 0.6) is 5.88 Å². The Balaban J connectivity index is 1.57. The van der Waals surface area contributed by atoms with E-state index in [1.54, 1.807) is 11.8 Å². The van der Waals surface area contributed by atoms with Crippen LogP contribution in [0, 0.1) is 0 Å². The van der Waals surface area contributed by atoms with E-state index in [4.69, 9.17) is 14.7 Å². The van der Waals surface area contributed by atoms with Crippen molar-refractivity contribution in [2.75, 3.05) is 52.2 Å². The van der Waals surface area contributed by atoms with Crippen molar-refractivity contribution in [3.05, 3.63) is 36.0 Å². The Morgan fingerprint density at radius 3 is 2.75 bits per heavy atom. The fraction of sp³-hybridized carbons (Fsp3) is 0.583. The van der Waals surface area contributed by atoms with Gasteiger partial charge in [0.2, 0.25) is 0 Å².